The van der Waals surface area contributed by atoms with Gasteiger partial charge < -0.3 is 9.67 Å². The quantitative estimate of drug-likeness (QED) is 0.875. The largest absolute Gasteiger partial charge is 0.481 e. The van der Waals surface area contributed by atoms with E-state index >= 15 is 0 Å². The molecule has 17 heavy (non-hydrogen) atoms. The molecule has 1 heterocycles. The third-order valence-corrected chi connectivity index (χ3v) is 2.67. The molecule has 0 radical (unpaired) electrons. The zero-order chi connectivity index (χ0) is 12.3. The first-order valence-electron chi connectivity index (χ1n) is 5.44. The van der Waals surface area contributed by atoms with Gasteiger partial charge >= 0.3 is 5.97 Å². The summed E-state index contributed by atoms with van der Waals surface area (Å²) in [5.74, 6) is -0.768. The summed E-state index contributed by atoms with van der Waals surface area (Å²) in [7, 11) is 1.94. The zero-order valence-corrected chi connectivity index (χ0v) is 9.63. The Morgan fingerprint density at radius 2 is 2.29 bits per heavy atom. The molecule has 0 fully saturated rings. The lowest BCUT2D eigenvalue weighted by Crippen LogP contribution is -1.97. The van der Waals surface area contributed by atoms with E-state index in [9.17, 15) is 4.79 Å². The summed E-state index contributed by atoms with van der Waals surface area (Å²) >= 11 is 0. The van der Waals surface area contributed by atoms with Crippen LogP contribution in [0.5, 0.6) is 0 Å². The molecule has 2 aromatic rings. The molecule has 2 rings (SSSR count). The first-order chi connectivity index (χ1) is 8.16. The van der Waals surface area contributed by atoms with E-state index < -0.39 is 5.97 Å². The molecule has 4 heteroatoms. The highest BCUT2D eigenvalue weighted by atomic mass is 16.4. The van der Waals surface area contributed by atoms with Crippen LogP contribution in [0.15, 0.2) is 36.8 Å². The molecule has 1 N–H and O–H groups in total. The van der Waals surface area contributed by atoms with Gasteiger partial charge in [0.2, 0.25) is 0 Å². The Morgan fingerprint density at radius 1 is 1.47 bits per heavy atom. The number of hydrogen-bond acceptors (Lipinski definition) is 2. The fourth-order valence-corrected chi connectivity index (χ4v) is 1.77. The van der Waals surface area contributed by atoms with Crippen molar-refractivity contribution in [2.45, 2.75) is 12.8 Å². The number of rotatable bonds is 4. The van der Waals surface area contributed by atoms with Gasteiger partial charge in [-0.2, -0.15) is 0 Å². The van der Waals surface area contributed by atoms with Gasteiger partial charge in [-0.05, 0) is 18.1 Å². The number of imidazole rings is 1. The van der Waals surface area contributed by atoms with Gasteiger partial charge in [-0.15, -0.1) is 0 Å². The third-order valence-electron chi connectivity index (χ3n) is 2.67. The van der Waals surface area contributed by atoms with Crippen molar-refractivity contribution >= 4 is 5.97 Å². The van der Waals surface area contributed by atoms with E-state index in [2.05, 4.69) is 4.98 Å². The summed E-state index contributed by atoms with van der Waals surface area (Å²) in [5.41, 5.74) is 3.13. The number of aryl methyl sites for hydroxylation is 2. The molecular weight excluding hydrogens is 216 g/mol. The van der Waals surface area contributed by atoms with Crippen molar-refractivity contribution in [1.82, 2.24) is 9.55 Å². The van der Waals surface area contributed by atoms with Gasteiger partial charge in [-0.3, -0.25) is 4.79 Å². The summed E-state index contributed by atoms with van der Waals surface area (Å²) in [4.78, 5) is 14.6. The second kappa shape index (κ2) is 4.82. The molecule has 0 aliphatic rings. The van der Waals surface area contributed by atoms with Crippen molar-refractivity contribution < 1.29 is 9.90 Å². The van der Waals surface area contributed by atoms with Crippen molar-refractivity contribution in [3.8, 4) is 11.3 Å². The number of nitrogens with zero attached hydrogens (tertiary/aromatic N) is 2. The highest BCUT2D eigenvalue weighted by molar-refractivity contribution is 5.67. The number of carbonyl (C=O) groups is 1. The van der Waals surface area contributed by atoms with Crippen molar-refractivity contribution in [2.75, 3.05) is 0 Å². The van der Waals surface area contributed by atoms with Crippen LogP contribution >= 0.6 is 0 Å². The smallest absolute Gasteiger partial charge is 0.303 e. The van der Waals surface area contributed by atoms with E-state index in [1.807, 2.05) is 35.9 Å². The molecule has 0 saturated carbocycles. The molecule has 0 amide bonds. The average molecular weight is 230 g/mol. The minimum absolute atomic E-state index is 0.162. The van der Waals surface area contributed by atoms with Crippen LogP contribution < -0.4 is 0 Å². The van der Waals surface area contributed by atoms with E-state index in [4.69, 9.17) is 5.11 Å². The molecule has 88 valence electrons. The van der Waals surface area contributed by atoms with E-state index in [1.165, 1.54) is 0 Å². The molecule has 4 nitrogen and oxygen atoms in total. The van der Waals surface area contributed by atoms with Gasteiger partial charge in [0.25, 0.3) is 0 Å². The number of aromatic nitrogens is 2. The number of hydrogen-bond donors (Lipinski definition) is 1. The number of aliphatic carboxylic acids is 1. The minimum Gasteiger partial charge on any atom is -0.481 e. The molecule has 0 spiro atoms. The summed E-state index contributed by atoms with van der Waals surface area (Å²) in [5, 5.41) is 8.66. The van der Waals surface area contributed by atoms with E-state index in [1.54, 1.807) is 12.5 Å². The SMILES string of the molecule is Cn1cncc1-c1cccc(CCC(=O)O)c1. The first-order valence-corrected chi connectivity index (χ1v) is 5.44. The monoisotopic (exact) mass is 230 g/mol. The van der Waals surface area contributed by atoms with Crippen LogP contribution in [0.3, 0.4) is 0 Å². The molecule has 0 saturated heterocycles. The molecule has 0 bridgehead atoms. The second-order valence-electron chi connectivity index (χ2n) is 3.98. The van der Waals surface area contributed by atoms with Crippen molar-refractivity contribution in [1.29, 1.82) is 0 Å². The molecule has 0 unspecified atom stereocenters. The Kier molecular flexibility index (Phi) is 3.23. The van der Waals surface area contributed by atoms with Crippen molar-refractivity contribution in [2.24, 2.45) is 7.05 Å². The highest BCUT2D eigenvalue weighted by Gasteiger charge is 2.04. The number of benzene rings is 1. The van der Waals surface area contributed by atoms with Gasteiger partial charge in [0, 0.05) is 19.0 Å². The lowest BCUT2D eigenvalue weighted by atomic mass is 10.0. The maximum Gasteiger partial charge on any atom is 0.303 e. The Hall–Kier alpha value is -2.10. The maximum atomic E-state index is 10.5. The van der Waals surface area contributed by atoms with Crippen LogP contribution in [-0.4, -0.2) is 20.6 Å². The summed E-state index contributed by atoms with van der Waals surface area (Å²) in [6.45, 7) is 0. The van der Waals surface area contributed by atoms with Crippen molar-refractivity contribution in [3.63, 3.8) is 0 Å². The lowest BCUT2D eigenvalue weighted by molar-refractivity contribution is -0.136. The standard InChI is InChI=1S/C13H14N2O2/c1-15-9-14-8-12(15)11-4-2-3-10(7-11)5-6-13(16)17/h2-4,7-9H,5-6H2,1H3,(H,16,17). The fourth-order valence-electron chi connectivity index (χ4n) is 1.77. The Labute approximate surface area is 99.5 Å². The van der Waals surface area contributed by atoms with Gasteiger partial charge in [0.1, 0.15) is 0 Å². The second-order valence-corrected chi connectivity index (χ2v) is 3.98. The first kappa shape index (κ1) is 11.4. The Bertz CT molecular complexity index is 532. The minimum atomic E-state index is -0.768. The Balaban J connectivity index is 2.23. The molecule has 0 atom stereocenters. The van der Waals surface area contributed by atoms with Gasteiger partial charge in [-0.25, -0.2) is 4.98 Å². The molecule has 1 aromatic heterocycles. The lowest BCUT2D eigenvalue weighted by Gasteiger charge is -2.05. The van der Waals surface area contributed by atoms with Crippen LogP contribution in [0.25, 0.3) is 11.3 Å². The molecule has 0 aliphatic carbocycles. The molecule has 0 aliphatic heterocycles. The van der Waals surface area contributed by atoms with Crippen LogP contribution in [0.4, 0.5) is 0 Å². The number of carboxylic acid groups (broad SMARTS) is 1. The normalized spacial score (nSPS) is 10.4. The fraction of sp³-hybridized carbons (Fsp3) is 0.231. The van der Waals surface area contributed by atoms with Gasteiger partial charge in [0.15, 0.2) is 0 Å². The van der Waals surface area contributed by atoms with Crippen LogP contribution in [-0.2, 0) is 18.3 Å². The predicted molar refractivity (Wildman–Crippen MR) is 64.6 cm³/mol. The van der Waals surface area contributed by atoms with Gasteiger partial charge in [0.05, 0.1) is 18.2 Å². The topological polar surface area (TPSA) is 55.1 Å². The summed E-state index contributed by atoms with van der Waals surface area (Å²) in [6.07, 6.45) is 4.27. The number of carboxylic acids is 1. The highest BCUT2D eigenvalue weighted by Crippen LogP contribution is 2.19. The van der Waals surface area contributed by atoms with Crippen LogP contribution in [0.2, 0.25) is 0 Å². The summed E-state index contributed by atoms with van der Waals surface area (Å²) < 4.78 is 1.94. The summed E-state index contributed by atoms with van der Waals surface area (Å²) in [6, 6.07) is 7.91. The molecule has 1 aromatic carbocycles. The van der Waals surface area contributed by atoms with Crippen molar-refractivity contribution in [3.05, 3.63) is 42.4 Å². The molecular formula is C13H14N2O2. The predicted octanol–water partition coefficient (Wildman–Crippen LogP) is 2.10. The van der Waals surface area contributed by atoms with Crippen LogP contribution in [0.1, 0.15) is 12.0 Å². The maximum absolute atomic E-state index is 10.5. The van der Waals surface area contributed by atoms with E-state index in [-0.39, 0.29) is 6.42 Å². The van der Waals surface area contributed by atoms with Gasteiger partial charge in [-0.1, -0.05) is 18.2 Å². The van der Waals surface area contributed by atoms with E-state index in [0.717, 1.165) is 16.8 Å². The third kappa shape index (κ3) is 2.72. The van der Waals surface area contributed by atoms with Crippen LogP contribution in [0, 0.1) is 0 Å². The van der Waals surface area contributed by atoms with E-state index in [0.29, 0.717) is 6.42 Å². The zero-order valence-electron chi connectivity index (χ0n) is 9.63. The Morgan fingerprint density at radius 3 is 2.94 bits per heavy atom. The average Bonchev–Trinajstić information content (AvgIpc) is 2.73.